The molecule has 2 bridgehead atoms. The van der Waals surface area contributed by atoms with Crippen molar-refractivity contribution < 1.29 is 38.3 Å². The molecule has 5 rings (SSSR count). The van der Waals surface area contributed by atoms with Gasteiger partial charge in [-0.05, 0) is 68.7 Å². The summed E-state index contributed by atoms with van der Waals surface area (Å²) in [5.41, 5.74) is 0.0454. The fourth-order valence-corrected chi connectivity index (χ4v) is 5.42. The first-order chi connectivity index (χ1) is 15.3. The highest BCUT2D eigenvalue weighted by Gasteiger charge is 2.65. The first kappa shape index (κ1) is 23.2. The van der Waals surface area contributed by atoms with Crippen LogP contribution in [0.5, 0.6) is 0 Å². The minimum atomic E-state index is -0.837. The summed E-state index contributed by atoms with van der Waals surface area (Å²) in [5.74, 6) is -1.25. The second-order valence-corrected chi connectivity index (χ2v) is 9.18. The lowest BCUT2D eigenvalue weighted by atomic mass is 9.65. The van der Waals surface area contributed by atoms with Crippen LogP contribution in [-0.4, -0.2) is 50.4 Å². The summed E-state index contributed by atoms with van der Waals surface area (Å²) in [4.78, 5) is 36.0. The van der Waals surface area contributed by atoms with Crippen LogP contribution in [0, 0.1) is 17.8 Å². The maximum Gasteiger partial charge on any atom is 0.338 e. The largest absolute Gasteiger partial charge is 0.465 e. The van der Waals surface area contributed by atoms with Crippen LogP contribution in [0.1, 0.15) is 66.7 Å². The number of carbonyl (C=O) groups is 2. The molecular weight excluding hydrogens is 416 g/mol. The molecule has 1 aromatic rings. The van der Waals surface area contributed by atoms with Gasteiger partial charge in [-0.1, -0.05) is 13.3 Å². The zero-order valence-electron chi connectivity index (χ0n) is 19.1. The van der Waals surface area contributed by atoms with Gasteiger partial charge in [0.05, 0.1) is 24.8 Å². The summed E-state index contributed by atoms with van der Waals surface area (Å²) >= 11 is 0. The minimum absolute atomic E-state index is 0.0653. The van der Waals surface area contributed by atoms with Crippen molar-refractivity contribution in [3.63, 3.8) is 0 Å². The Morgan fingerprint density at radius 2 is 1.75 bits per heavy atom. The molecule has 0 amide bonds. The molecule has 176 valence electrons. The maximum atomic E-state index is 12.5. The molecule has 8 heteroatoms. The Morgan fingerprint density at radius 3 is 2.41 bits per heavy atom. The number of methoxy groups -OCH3 is 2. The summed E-state index contributed by atoms with van der Waals surface area (Å²) in [6.45, 7) is 4.26. The molecule has 3 saturated heterocycles. The fraction of sp³-hybridized carbons (Fsp3) is 0.667. The number of ether oxygens (including phenoxy) is 4. The van der Waals surface area contributed by atoms with Crippen molar-refractivity contribution in [3.05, 3.63) is 35.4 Å². The molecule has 1 aliphatic carbocycles. The van der Waals surface area contributed by atoms with Gasteiger partial charge in [0, 0.05) is 13.0 Å². The van der Waals surface area contributed by atoms with Crippen molar-refractivity contribution in [3.8, 4) is 0 Å². The Kier molecular flexibility index (Phi) is 6.58. The van der Waals surface area contributed by atoms with Gasteiger partial charge in [-0.3, -0.25) is 0 Å². The highest BCUT2D eigenvalue weighted by molar-refractivity contribution is 5.93. The smallest absolute Gasteiger partial charge is 0.338 e. The van der Waals surface area contributed by atoms with E-state index in [0.717, 1.165) is 25.7 Å². The number of benzene rings is 1. The standard InChI is InChI=1S/C24H32O8/c1-15-14-19-7-5-6-18(24(19)22(28-4)30-23(15,2)31-32-24)12-13-29-21(26)17-10-8-16(9-11-17)20(25)27-3/h8-11,15,18-19,22H,5-7,12-14H2,1-4H3/t15-,18-,19+,22-,23+,24-/m0/s1. The van der Waals surface area contributed by atoms with E-state index >= 15 is 0 Å². The van der Waals surface area contributed by atoms with E-state index in [9.17, 15) is 9.59 Å². The van der Waals surface area contributed by atoms with Gasteiger partial charge in [-0.25, -0.2) is 19.4 Å². The third-order valence-electron chi connectivity index (χ3n) is 7.43. The molecule has 3 aliphatic heterocycles. The first-order valence-electron chi connectivity index (χ1n) is 11.3. The van der Waals surface area contributed by atoms with Crippen LogP contribution < -0.4 is 0 Å². The van der Waals surface area contributed by atoms with E-state index in [4.69, 9.17) is 24.0 Å². The van der Waals surface area contributed by atoms with Crippen molar-refractivity contribution in [2.24, 2.45) is 17.8 Å². The predicted octanol–water partition coefficient (Wildman–Crippen LogP) is 3.88. The monoisotopic (exact) mass is 448 g/mol. The Hall–Kier alpha value is -2.00. The fourth-order valence-electron chi connectivity index (χ4n) is 5.42. The molecule has 8 nitrogen and oxygen atoms in total. The number of carbonyl (C=O) groups excluding carboxylic acids is 2. The molecule has 1 spiro atoms. The van der Waals surface area contributed by atoms with Crippen LogP contribution >= 0.6 is 0 Å². The number of hydrogen-bond donors (Lipinski definition) is 0. The van der Waals surface area contributed by atoms with E-state index in [1.165, 1.54) is 7.11 Å². The molecule has 1 saturated carbocycles. The van der Waals surface area contributed by atoms with Crippen molar-refractivity contribution in [1.82, 2.24) is 0 Å². The first-order valence-corrected chi connectivity index (χ1v) is 11.3. The molecule has 0 unspecified atom stereocenters. The van der Waals surface area contributed by atoms with Crippen molar-refractivity contribution in [2.45, 2.75) is 63.6 Å². The summed E-state index contributed by atoms with van der Waals surface area (Å²) < 4.78 is 22.3. The maximum absolute atomic E-state index is 12.5. The molecule has 0 N–H and O–H groups in total. The van der Waals surface area contributed by atoms with E-state index in [2.05, 4.69) is 11.7 Å². The number of hydrogen-bond acceptors (Lipinski definition) is 8. The zero-order chi connectivity index (χ0) is 22.9. The van der Waals surface area contributed by atoms with Gasteiger partial charge in [0.2, 0.25) is 5.79 Å². The number of rotatable bonds is 6. The van der Waals surface area contributed by atoms with Crippen LogP contribution in [0.15, 0.2) is 24.3 Å². The van der Waals surface area contributed by atoms with Gasteiger partial charge < -0.3 is 18.9 Å². The lowest BCUT2D eigenvalue weighted by molar-refractivity contribution is -0.560. The lowest BCUT2D eigenvalue weighted by Crippen LogP contribution is -2.63. The minimum Gasteiger partial charge on any atom is -0.465 e. The van der Waals surface area contributed by atoms with Crippen LogP contribution in [-0.2, 0) is 28.7 Å². The van der Waals surface area contributed by atoms with Gasteiger partial charge in [0.25, 0.3) is 0 Å². The molecule has 3 heterocycles. The van der Waals surface area contributed by atoms with E-state index in [0.29, 0.717) is 17.5 Å². The third kappa shape index (κ3) is 3.94. The molecule has 6 atom stereocenters. The number of esters is 2. The Balaban J connectivity index is 1.43. The van der Waals surface area contributed by atoms with Crippen LogP contribution in [0.3, 0.4) is 0 Å². The van der Waals surface area contributed by atoms with Crippen LogP contribution in [0.25, 0.3) is 0 Å². The molecule has 4 fully saturated rings. The lowest BCUT2D eigenvalue weighted by Gasteiger charge is -2.53. The topological polar surface area (TPSA) is 89.5 Å². The Labute approximate surface area is 188 Å². The molecular formula is C24H32O8. The third-order valence-corrected chi connectivity index (χ3v) is 7.43. The van der Waals surface area contributed by atoms with Gasteiger partial charge >= 0.3 is 11.9 Å². The zero-order valence-corrected chi connectivity index (χ0v) is 19.1. The van der Waals surface area contributed by atoms with E-state index < -0.39 is 29.6 Å². The van der Waals surface area contributed by atoms with E-state index in [1.807, 2.05) is 6.92 Å². The van der Waals surface area contributed by atoms with E-state index in [-0.39, 0.29) is 24.4 Å². The SMILES string of the molecule is COC(=O)c1ccc(C(=O)OCC[C@@H]2CCC[C@@H]3C[C@H](C)[C@@]4(C)OO[C@@]23[C@@H](OC)O4)cc1. The number of fused-ring (bicyclic) bond motifs is 3. The molecule has 0 radical (unpaired) electrons. The summed E-state index contributed by atoms with van der Waals surface area (Å²) in [6, 6.07) is 6.21. The average Bonchev–Trinajstić information content (AvgIpc) is 2.98. The normalized spacial score (nSPS) is 36.1. The van der Waals surface area contributed by atoms with Crippen molar-refractivity contribution >= 4 is 11.9 Å². The summed E-state index contributed by atoms with van der Waals surface area (Å²) in [6.07, 6.45) is 4.01. The Bertz CT molecular complexity index is 835. The van der Waals surface area contributed by atoms with Crippen molar-refractivity contribution in [2.75, 3.05) is 20.8 Å². The van der Waals surface area contributed by atoms with Gasteiger partial charge in [0.15, 0.2) is 11.9 Å². The van der Waals surface area contributed by atoms with E-state index in [1.54, 1.807) is 31.4 Å². The quantitative estimate of drug-likeness (QED) is 0.478. The molecule has 4 aliphatic rings. The second kappa shape index (κ2) is 9.09. The van der Waals surface area contributed by atoms with Crippen LogP contribution in [0.2, 0.25) is 0 Å². The summed E-state index contributed by atoms with van der Waals surface area (Å²) in [7, 11) is 2.95. The summed E-state index contributed by atoms with van der Waals surface area (Å²) in [5, 5.41) is 0. The van der Waals surface area contributed by atoms with Gasteiger partial charge in [0.1, 0.15) is 0 Å². The highest BCUT2D eigenvalue weighted by Crippen LogP contribution is 2.56. The Morgan fingerprint density at radius 1 is 1.06 bits per heavy atom. The highest BCUT2D eigenvalue weighted by atomic mass is 17.3. The molecule has 0 aromatic heterocycles. The van der Waals surface area contributed by atoms with Gasteiger partial charge in [-0.2, -0.15) is 0 Å². The molecule has 32 heavy (non-hydrogen) atoms. The second-order valence-electron chi connectivity index (χ2n) is 9.18. The average molecular weight is 449 g/mol. The van der Waals surface area contributed by atoms with Gasteiger partial charge in [-0.15, -0.1) is 0 Å². The van der Waals surface area contributed by atoms with Crippen LogP contribution in [0.4, 0.5) is 0 Å². The van der Waals surface area contributed by atoms with Crippen molar-refractivity contribution in [1.29, 1.82) is 0 Å². The predicted molar refractivity (Wildman–Crippen MR) is 112 cm³/mol. The molecule has 1 aromatic carbocycles.